The van der Waals surface area contributed by atoms with E-state index in [9.17, 15) is 0 Å². The van der Waals surface area contributed by atoms with Crippen LogP contribution in [-0.2, 0) is 0 Å². The Kier molecular flexibility index (Phi) is 5.41. The van der Waals surface area contributed by atoms with Crippen LogP contribution in [0, 0.1) is 6.92 Å². The first kappa shape index (κ1) is 14.3. The molecule has 0 heterocycles. The fourth-order valence-electron chi connectivity index (χ4n) is 1.77. The highest BCUT2D eigenvalue weighted by atomic mass is 16.4. The van der Waals surface area contributed by atoms with Crippen LogP contribution in [0.5, 0.6) is 0 Å². The van der Waals surface area contributed by atoms with E-state index in [0.29, 0.717) is 18.7 Å². The van der Waals surface area contributed by atoms with E-state index in [1.807, 2.05) is 19.1 Å². The van der Waals surface area contributed by atoms with Crippen molar-refractivity contribution >= 4 is 11.5 Å². The average molecular weight is 253 g/mol. The van der Waals surface area contributed by atoms with Gasteiger partial charge in [0.1, 0.15) is 0 Å². The minimum Gasteiger partial charge on any atom is -0.409 e. The fourth-order valence-corrected chi connectivity index (χ4v) is 1.77. The van der Waals surface area contributed by atoms with Crippen molar-refractivity contribution in [3.05, 3.63) is 29.3 Å². The Balaban J connectivity index is 3.20. The Morgan fingerprint density at radius 1 is 1.28 bits per heavy atom. The van der Waals surface area contributed by atoms with Gasteiger partial charge in [-0.2, -0.15) is 0 Å². The predicted molar refractivity (Wildman–Crippen MR) is 70.1 cm³/mol. The molecule has 1 aromatic rings. The highest BCUT2D eigenvalue weighted by Gasteiger charge is 2.13. The number of nitrogens with zero attached hydrogens (tertiary/aromatic N) is 2. The number of amidine groups is 1. The van der Waals surface area contributed by atoms with Crippen LogP contribution in [-0.4, -0.2) is 47.6 Å². The molecule has 0 atom stereocenters. The third-order valence-corrected chi connectivity index (χ3v) is 2.62. The predicted octanol–water partition coefficient (Wildman–Crippen LogP) is -0.119. The summed E-state index contributed by atoms with van der Waals surface area (Å²) in [7, 11) is 0. The summed E-state index contributed by atoms with van der Waals surface area (Å²) in [5.41, 5.74) is 7.94. The number of aliphatic hydroxyl groups is 2. The second kappa shape index (κ2) is 6.83. The smallest absolute Gasteiger partial charge is 0.172 e. The van der Waals surface area contributed by atoms with E-state index in [2.05, 4.69) is 5.16 Å². The lowest BCUT2D eigenvalue weighted by Gasteiger charge is -2.25. The highest BCUT2D eigenvalue weighted by Crippen LogP contribution is 2.22. The molecule has 0 amide bonds. The van der Waals surface area contributed by atoms with Crippen molar-refractivity contribution in [3.63, 3.8) is 0 Å². The Morgan fingerprint density at radius 3 is 2.39 bits per heavy atom. The minimum atomic E-state index is -0.0381. The fraction of sp³-hybridized carbons (Fsp3) is 0.417. The molecule has 0 saturated heterocycles. The maximum atomic E-state index is 9.05. The van der Waals surface area contributed by atoms with Crippen molar-refractivity contribution in [2.75, 3.05) is 31.2 Å². The molecule has 0 aliphatic rings. The van der Waals surface area contributed by atoms with Gasteiger partial charge in [-0.1, -0.05) is 11.2 Å². The lowest BCUT2D eigenvalue weighted by molar-refractivity contribution is 0.281. The van der Waals surface area contributed by atoms with Crippen molar-refractivity contribution in [3.8, 4) is 0 Å². The number of aryl methyl sites for hydroxylation is 1. The topological polar surface area (TPSA) is 102 Å². The molecular formula is C12H19N3O3. The van der Waals surface area contributed by atoms with E-state index in [1.54, 1.807) is 11.0 Å². The van der Waals surface area contributed by atoms with Gasteiger partial charge in [-0.15, -0.1) is 0 Å². The molecule has 0 bridgehead atoms. The first-order valence-corrected chi connectivity index (χ1v) is 5.69. The third-order valence-electron chi connectivity index (χ3n) is 2.62. The van der Waals surface area contributed by atoms with Crippen molar-refractivity contribution < 1.29 is 15.4 Å². The molecule has 1 aromatic carbocycles. The van der Waals surface area contributed by atoms with Crippen LogP contribution in [0.15, 0.2) is 23.4 Å². The van der Waals surface area contributed by atoms with Gasteiger partial charge in [0, 0.05) is 24.3 Å². The van der Waals surface area contributed by atoms with Gasteiger partial charge in [0.05, 0.1) is 13.2 Å². The maximum Gasteiger partial charge on any atom is 0.172 e. The van der Waals surface area contributed by atoms with E-state index in [4.69, 9.17) is 21.2 Å². The summed E-state index contributed by atoms with van der Waals surface area (Å²) in [6, 6.07) is 5.48. The molecule has 100 valence electrons. The van der Waals surface area contributed by atoms with Gasteiger partial charge in [0.25, 0.3) is 0 Å². The lowest BCUT2D eigenvalue weighted by atomic mass is 10.1. The Morgan fingerprint density at radius 2 is 1.89 bits per heavy atom. The van der Waals surface area contributed by atoms with Crippen LogP contribution >= 0.6 is 0 Å². The third kappa shape index (κ3) is 3.35. The number of aliphatic hydroxyl groups excluding tert-OH is 2. The molecule has 1 rings (SSSR count). The van der Waals surface area contributed by atoms with Gasteiger partial charge in [-0.25, -0.2) is 0 Å². The van der Waals surface area contributed by atoms with Gasteiger partial charge in [-0.3, -0.25) is 0 Å². The van der Waals surface area contributed by atoms with Gasteiger partial charge < -0.3 is 26.1 Å². The summed E-state index contributed by atoms with van der Waals surface area (Å²) in [5, 5.41) is 29.9. The maximum absolute atomic E-state index is 9.05. The number of oxime groups is 1. The number of benzene rings is 1. The first-order chi connectivity index (χ1) is 8.63. The Bertz CT molecular complexity index is 415. The number of anilines is 1. The summed E-state index contributed by atoms with van der Waals surface area (Å²) >= 11 is 0. The zero-order chi connectivity index (χ0) is 13.5. The van der Waals surface area contributed by atoms with Crippen molar-refractivity contribution in [2.24, 2.45) is 10.9 Å². The normalized spacial score (nSPS) is 11.6. The van der Waals surface area contributed by atoms with Crippen molar-refractivity contribution in [2.45, 2.75) is 6.92 Å². The van der Waals surface area contributed by atoms with E-state index in [1.165, 1.54) is 0 Å². The molecule has 0 spiro atoms. The molecular weight excluding hydrogens is 234 g/mol. The summed E-state index contributed by atoms with van der Waals surface area (Å²) < 4.78 is 0. The number of hydrogen-bond donors (Lipinski definition) is 4. The molecule has 18 heavy (non-hydrogen) atoms. The molecule has 0 aromatic heterocycles. The monoisotopic (exact) mass is 253 g/mol. The molecule has 0 radical (unpaired) electrons. The van der Waals surface area contributed by atoms with Gasteiger partial charge >= 0.3 is 0 Å². The van der Waals surface area contributed by atoms with Crippen LogP contribution in [0.25, 0.3) is 0 Å². The molecule has 0 aliphatic heterocycles. The lowest BCUT2D eigenvalue weighted by Crippen LogP contribution is -2.32. The molecule has 5 N–H and O–H groups in total. The summed E-state index contributed by atoms with van der Waals surface area (Å²) in [4.78, 5) is 1.79. The Hall–Kier alpha value is -1.79. The van der Waals surface area contributed by atoms with E-state index >= 15 is 0 Å². The van der Waals surface area contributed by atoms with Gasteiger partial charge in [0.15, 0.2) is 5.84 Å². The summed E-state index contributed by atoms with van der Waals surface area (Å²) in [6.07, 6.45) is 0. The van der Waals surface area contributed by atoms with Crippen LogP contribution in [0.1, 0.15) is 11.1 Å². The average Bonchev–Trinajstić information content (AvgIpc) is 2.37. The van der Waals surface area contributed by atoms with Crippen LogP contribution in [0.4, 0.5) is 5.69 Å². The second-order valence-electron chi connectivity index (χ2n) is 3.94. The SMILES string of the molecule is Cc1ccc(/C(N)=N/O)c(N(CCO)CCO)c1. The molecule has 0 aliphatic carbocycles. The highest BCUT2D eigenvalue weighted by molar-refractivity contribution is 6.02. The molecule has 0 saturated carbocycles. The van der Waals surface area contributed by atoms with E-state index < -0.39 is 0 Å². The molecule has 6 heteroatoms. The number of nitrogens with two attached hydrogens (primary N) is 1. The van der Waals surface area contributed by atoms with Gasteiger partial charge in [-0.05, 0) is 24.6 Å². The molecule has 0 fully saturated rings. The first-order valence-electron chi connectivity index (χ1n) is 5.69. The molecule has 0 unspecified atom stereocenters. The molecule has 6 nitrogen and oxygen atoms in total. The zero-order valence-corrected chi connectivity index (χ0v) is 10.4. The quantitative estimate of drug-likeness (QED) is 0.245. The van der Waals surface area contributed by atoms with Crippen LogP contribution in [0.3, 0.4) is 0 Å². The second-order valence-corrected chi connectivity index (χ2v) is 3.94. The zero-order valence-electron chi connectivity index (χ0n) is 10.4. The summed E-state index contributed by atoms with van der Waals surface area (Å²) in [6.45, 7) is 2.59. The summed E-state index contributed by atoms with van der Waals surface area (Å²) in [5.74, 6) is 0.00544. The van der Waals surface area contributed by atoms with Gasteiger partial charge in [0.2, 0.25) is 0 Å². The van der Waals surface area contributed by atoms with E-state index in [-0.39, 0.29) is 19.0 Å². The van der Waals surface area contributed by atoms with E-state index in [0.717, 1.165) is 11.3 Å². The minimum absolute atomic E-state index is 0.00544. The Labute approximate surface area is 106 Å². The standard InChI is InChI=1S/C12H19N3O3/c1-9-2-3-10(12(13)14-18)11(8-9)15(4-6-16)5-7-17/h2-3,8,16-18H,4-7H2,1H3,(H2,13,14). The van der Waals surface area contributed by atoms with Crippen LogP contribution in [0.2, 0.25) is 0 Å². The van der Waals surface area contributed by atoms with Crippen molar-refractivity contribution in [1.82, 2.24) is 0 Å². The number of hydrogen-bond acceptors (Lipinski definition) is 5. The number of rotatable bonds is 6. The van der Waals surface area contributed by atoms with Crippen molar-refractivity contribution in [1.29, 1.82) is 0 Å². The largest absolute Gasteiger partial charge is 0.409 e. The van der Waals surface area contributed by atoms with Crippen LogP contribution < -0.4 is 10.6 Å².